The quantitative estimate of drug-likeness (QED) is 0.0863. The molecule has 3 aliphatic rings. The lowest BCUT2D eigenvalue weighted by molar-refractivity contribution is -0.930. The number of hydrogen-bond donors (Lipinski definition) is 1. The van der Waals surface area contributed by atoms with Crippen LogP contribution in [0.25, 0.3) is 32.9 Å². The summed E-state index contributed by atoms with van der Waals surface area (Å²) in [7, 11) is 6.03. The lowest BCUT2D eigenvalue weighted by Gasteiger charge is -2.42. The van der Waals surface area contributed by atoms with Crippen molar-refractivity contribution >= 4 is 47.2 Å². The minimum atomic E-state index is -3.87. The number of quaternary nitrogens is 1. The SMILES string of the molecule is C#Cc1c(F)ccc2cccc(-c3ncc4c(N5CC6CCC(C5)N6)nc(OCC5(CCC)CC(OCc6cccc(S(=O)(=O)Cl)c6)C[N+]5(C)C)nc4c3F)c12. The van der Waals surface area contributed by atoms with Crippen LogP contribution in [-0.4, -0.2) is 91.9 Å². The van der Waals surface area contributed by atoms with Crippen LogP contribution in [0.2, 0.25) is 0 Å². The Morgan fingerprint density at radius 2 is 1.86 bits per heavy atom. The maximum Gasteiger partial charge on any atom is 0.319 e. The third kappa shape index (κ3) is 7.07. The van der Waals surface area contributed by atoms with E-state index in [1.54, 1.807) is 36.5 Å². The van der Waals surface area contributed by atoms with Gasteiger partial charge in [-0.15, -0.1) is 6.42 Å². The van der Waals surface area contributed by atoms with E-state index >= 15 is 4.39 Å². The summed E-state index contributed by atoms with van der Waals surface area (Å²) < 4.78 is 69.5. The molecule has 14 heteroatoms. The van der Waals surface area contributed by atoms with Crippen LogP contribution in [0.3, 0.4) is 0 Å². The first-order chi connectivity index (χ1) is 26.8. The monoisotopic (exact) mass is 801 g/mol. The van der Waals surface area contributed by atoms with Gasteiger partial charge in [0.2, 0.25) is 0 Å². The number of anilines is 1. The summed E-state index contributed by atoms with van der Waals surface area (Å²) in [4.78, 5) is 16.5. The van der Waals surface area contributed by atoms with Crippen molar-refractivity contribution in [1.82, 2.24) is 20.3 Å². The fraction of sp³-hybridized carbons (Fsp3) is 0.405. The molecule has 4 atom stereocenters. The highest BCUT2D eigenvalue weighted by molar-refractivity contribution is 8.13. The number of fused-ring (bicyclic) bond motifs is 4. The van der Waals surface area contributed by atoms with E-state index in [1.807, 2.05) is 6.07 Å². The second-order valence-electron chi connectivity index (χ2n) is 15.9. The van der Waals surface area contributed by atoms with Crippen LogP contribution in [0, 0.1) is 24.0 Å². The van der Waals surface area contributed by atoms with Gasteiger partial charge in [-0.3, -0.25) is 4.98 Å². The Hall–Kier alpha value is -4.45. The molecule has 0 amide bonds. The summed E-state index contributed by atoms with van der Waals surface area (Å²) in [5.41, 5.74) is 0.787. The molecular formula is C42H44ClF2N6O4S+. The van der Waals surface area contributed by atoms with E-state index in [1.165, 1.54) is 18.2 Å². The Bertz CT molecular complexity index is 2490. The first kappa shape index (κ1) is 38.4. The number of likely N-dealkylation sites (N-methyl/N-ethyl adjacent to an activating group) is 1. The Kier molecular flexibility index (Phi) is 10.2. The van der Waals surface area contributed by atoms with Gasteiger partial charge in [-0.1, -0.05) is 55.7 Å². The zero-order valence-electron chi connectivity index (χ0n) is 31.6. The van der Waals surface area contributed by atoms with Crippen molar-refractivity contribution in [2.24, 2.45) is 0 Å². The first-order valence-corrected chi connectivity index (χ1v) is 21.3. The lowest BCUT2D eigenvalue weighted by atomic mass is 9.89. The van der Waals surface area contributed by atoms with Crippen molar-refractivity contribution < 1.29 is 31.2 Å². The molecule has 10 nitrogen and oxygen atoms in total. The molecule has 0 spiro atoms. The third-order valence-electron chi connectivity index (χ3n) is 12.0. The van der Waals surface area contributed by atoms with Gasteiger partial charge in [-0.05, 0) is 42.0 Å². The van der Waals surface area contributed by atoms with Gasteiger partial charge < -0.3 is 24.2 Å². The average molecular weight is 802 g/mol. The van der Waals surface area contributed by atoms with Crippen molar-refractivity contribution in [2.75, 3.05) is 45.2 Å². The lowest BCUT2D eigenvalue weighted by Crippen LogP contribution is -2.58. The Labute approximate surface area is 330 Å². The molecule has 5 heterocycles. The fourth-order valence-corrected chi connectivity index (χ4v) is 9.92. The van der Waals surface area contributed by atoms with Crippen LogP contribution >= 0.6 is 10.7 Å². The van der Waals surface area contributed by atoms with Gasteiger partial charge in [0.1, 0.15) is 47.6 Å². The fourth-order valence-electron chi connectivity index (χ4n) is 9.10. The minimum Gasteiger partial charge on any atom is -0.457 e. The number of ether oxygens (including phenoxy) is 2. The second-order valence-corrected chi connectivity index (χ2v) is 18.4. The highest BCUT2D eigenvalue weighted by Crippen LogP contribution is 2.41. The third-order valence-corrected chi connectivity index (χ3v) is 13.3. The average Bonchev–Trinajstić information content (AvgIpc) is 3.64. The number of nitrogens with one attached hydrogen (secondary N) is 1. The van der Waals surface area contributed by atoms with E-state index in [-0.39, 0.29) is 59.1 Å². The highest BCUT2D eigenvalue weighted by Gasteiger charge is 2.54. The smallest absolute Gasteiger partial charge is 0.319 e. The number of hydrogen-bond acceptors (Lipinski definition) is 9. The number of aromatic nitrogens is 3. The van der Waals surface area contributed by atoms with Gasteiger partial charge >= 0.3 is 6.01 Å². The van der Waals surface area contributed by atoms with E-state index in [2.05, 4.69) is 42.1 Å². The molecule has 3 aliphatic heterocycles. The number of piperazine rings is 1. The van der Waals surface area contributed by atoms with Gasteiger partial charge in [0.05, 0.1) is 36.5 Å². The van der Waals surface area contributed by atoms with Crippen molar-refractivity contribution in [3.8, 4) is 29.6 Å². The Morgan fingerprint density at radius 1 is 1.09 bits per heavy atom. The molecule has 1 N–H and O–H groups in total. The van der Waals surface area contributed by atoms with Gasteiger partial charge in [0, 0.05) is 65.8 Å². The van der Waals surface area contributed by atoms with Crippen LogP contribution in [-0.2, 0) is 20.4 Å². The molecule has 3 fully saturated rings. The molecular weight excluding hydrogens is 758 g/mol. The summed E-state index contributed by atoms with van der Waals surface area (Å²) in [6.45, 7) is 4.69. The standard InChI is InChI=1S/C42H44ClF2N6O4S/c1-5-17-42(19-30(23-51(42,3)4)54-24-26-9-7-11-31(18-26)56(43,52)53)25-55-41-48-39-34(40(49-41)50-21-28-14-15-29(22-50)47-28)20-46-38(37(39)45)33-12-8-10-27-13-16-35(44)32(6-2)36(27)33/h2,7-13,16,18,20,28-30,47H,5,14-15,17,19,21-25H2,1,3-4H3/q+1. The predicted octanol–water partition coefficient (Wildman–Crippen LogP) is 6.96. The topological polar surface area (TPSA) is 107 Å². The maximum absolute atomic E-state index is 17.1. The van der Waals surface area contributed by atoms with Crippen molar-refractivity contribution in [3.05, 3.63) is 83.6 Å². The molecule has 2 aromatic heterocycles. The number of pyridine rings is 1. The number of rotatable bonds is 11. The Morgan fingerprint density at radius 3 is 2.59 bits per heavy atom. The van der Waals surface area contributed by atoms with E-state index in [9.17, 15) is 12.8 Å². The van der Waals surface area contributed by atoms with Crippen LogP contribution < -0.4 is 15.0 Å². The molecule has 3 aromatic carbocycles. The maximum atomic E-state index is 17.1. The molecule has 292 valence electrons. The molecule has 2 bridgehead atoms. The molecule has 0 saturated carbocycles. The zero-order valence-corrected chi connectivity index (χ0v) is 33.1. The van der Waals surface area contributed by atoms with E-state index in [0.29, 0.717) is 63.6 Å². The van der Waals surface area contributed by atoms with E-state index < -0.39 is 26.2 Å². The summed E-state index contributed by atoms with van der Waals surface area (Å²) in [5.74, 6) is 1.77. The number of benzene rings is 3. The molecule has 8 rings (SSSR count). The zero-order chi connectivity index (χ0) is 39.4. The number of halogens is 3. The number of likely N-dealkylation sites (tertiary alicyclic amines) is 1. The van der Waals surface area contributed by atoms with Crippen LogP contribution in [0.5, 0.6) is 6.01 Å². The molecule has 0 radical (unpaired) electrons. The van der Waals surface area contributed by atoms with Gasteiger partial charge in [-0.2, -0.15) is 9.97 Å². The predicted molar refractivity (Wildman–Crippen MR) is 213 cm³/mol. The highest BCUT2D eigenvalue weighted by atomic mass is 35.7. The molecule has 56 heavy (non-hydrogen) atoms. The van der Waals surface area contributed by atoms with Crippen LogP contribution in [0.1, 0.15) is 50.2 Å². The summed E-state index contributed by atoms with van der Waals surface area (Å²) in [5, 5.41) is 5.18. The van der Waals surface area contributed by atoms with Crippen molar-refractivity contribution in [2.45, 2.75) is 74.3 Å². The van der Waals surface area contributed by atoms with E-state index in [4.69, 9.17) is 36.5 Å². The Balaban J connectivity index is 1.15. The molecule has 5 aromatic rings. The second kappa shape index (κ2) is 14.8. The first-order valence-electron chi connectivity index (χ1n) is 19.0. The summed E-state index contributed by atoms with van der Waals surface area (Å²) >= 11 is 0. The number of nitrogens with zero attached hydrogens (tertiary/aromatic N) is 5. The van der Waals surface area contributed by atoms with Crippen molar-refractivity contribution in [3.63, 3.8) is 0 Å². The van der Waals surface area contributed by atoms with Gasteiger partial charge in [0.15, 0.2) is 5.82 Å². The summed E-state index contributed by atoms with van der Waals surface area (Å²) in [6.07, 6.45) is 11.7. The number of terminal acetylenes is 1. The minimum absolute atomic E-state index is 0.00593. The molecule has 3 saturated heterocycles. The van der Waals surface area contributed by atoms with Gasteiger partial charge in [0.25, 0.3) is 9.05 Å². The van der Waals surface area contributed by atoms with Crippen molar-refractivity contribution in [1.29, 1.82) is 0 Å². The summed E-state index contributed by atoms with van der Waals surface area (Å²) in [6, 6.07) is 15.3. The molecule has 0 aliphatic carbocycles. The molecule has 4 unspecified atom stereocenters. The largest absolute Gasteiger partial charge is 0.457 e. The normalized spacial score (nSPS) is 23.2. The van der Waals surface area contributed by atoms with Crippen LogP contribution in [0.4, 0.5) is 14.6 Å². The van der Waals surface area contributed by atoms with E-state index in [0.717, 1.165) is 25.7 Å². The van der Waals surface area contributed by atoms with Gasteiger partial charge in [-0.25, -0.2) is 17.2 Å². The van der Waals surface area contributed by atoms with Crippen LogP contribution in [0.15, 0.2) is 65.7 Å².